The number of thioether (sulfide) groups is 1. The third-order valence-electron chi connectivity index (χ3n) is 2.71. The molecule has 1 fully saturated rings. The fourth-order valence-electron chi connectivity index (χ4n) is 1.93. The van der Waals surface area contributed by atoms with Gasteiger partial charge in [-0.15, -0.1) is 5.10 Å². The summed E-state index contributed by atoms with van der Waals surface area (Å²) in [6.45, 7) is 0. The standard InChI is InChI=1S/C9H17N5S/c1-14-6-7(12-13-14)5-8(11-10)9-3-2-4-15-9/h6,8-9,11H,2-5,10H2,1H3. The molecule has 2 unspecified atom stereocenters. The van der Waals surface area contributed by atoms with Crippen molar-refractivity contribution in [3.8, 4) is 0 Å². The van der Waals surface area contributed by atoms with Gasteiger partial charge in [0.25, 0.3) is 0 Å². The molecule has 0 amide bonds. The Morgan fingerprint density at radius 1 is 1.80 bits per heavy atom. The molecule has 15 heavy (non-hydrogen) atoms. The third-order valence-corrected chi connectivity index (χ3v) is 4.22. The number of aryl methyl sites for hydroxylation is 1. The van der Waals surface area contributed by atoms with Crippen molar-refractivity contribution in [2.75, 3.05) is 5.75 Å². The van der Waals surface area contributed by atoms with Crippen LogP contribution in [0, 0.1) is 0 Å². The number of hydrazine groups is 1. The van der Waals surface area contributed by atoms with Crippen LogP contribution in [0.2, 0.25) is 0 Å². The molecule has 1 aliphatic rings. The monoisotopic (exact) mass is 227 g/mol. The first-order valence-corrected chi connectivity index (χ1v) is 6.27. The van der Waals surface area contributed by atoms with Gasteiger partial charge in [0.05, 0.1) is 5.69 Å². The highest BCUT2D eigenvalue weighted by molar-refractivity contribution is 8.00. The minimum absolute atomic E-state index is 0.314. The molecule has 2 rings (SSSR count). The molecular formula is C9H17N5S. The molecule has 0 aliphatic carbocycles. The second-order valence-corrected chi connectivity index (χ2v) is 5.26. The smallest absolute Gasteiger partial charge is 0.0843 e. The number of hydrogen-bond donors (Lipinski definition) is 2. The Bertz CT molecular complexity index is 307. The fourth-order valence-corrected chi connectivity index (χ4v) is 3.31. The minimum Gasteiger partial charge on any atom is -0.271 e. The Hall–Kier alpha value is -0.590. The van der Waals surface area contributed by atoms with Crippen LogP contribution in [0.4, 0.5) is 0 Å². The van der Waals surface area contributed by atoms with Crippen molar-refractivity contribution in [1.29, 1.82) is 0 Å². The molecule has 0 saturated carbocycles. The van der Waals surface area contributed by atoms with Crippen LogP contribution in [-0.4, -0.2) is 32.0 Å². The predicted octanol–water partition coefficient (Wildman–Crippen LogP) is 0.0851. The van der Waals surface area contributed by atoms with Crippen LogP contribution in [0.15, 0.2) is 6.20 Å². The summed E-state index contributed by atoms with van der Waals surface area (Å²) in [6.07, 6.45) is 5.36. The zero-order valence-electron chi connectivity index (χ0n) is 8.89. The van der Waals surface area contributed by atoms with E-state index in [4.69, 9.17) is 5.84 Å². The largest absolute Gasteiger partial charge is 0.271 e. The van der Waals surface area contributed by atoms with E-state index in [1.807, 2.05) is 25.0 Å². The second kappa shape index (κ2) is 4.96. The van der Waals surface area contributed by atoms with Gasteiger partial charge < -0.3 is 0 Å². The second-order valence-electron chi connectivity index (χ2n) is 3.91. The molecule has 2 atom stereocenters. The van der Waals surface area contributed by atoms with Gasteiger partial charge in [0.2, 0.25) is 0 Å². The fraction of sp³-hybridized carbons (Fsp3) is 0.778. The summed E-state index contributed by atoms with van der Waals surface area (Å²) in [6, 6.07) is 0.314. The van der Waals surface area contributed by atoms with E-state index in [1.54, 1.807) is 4.68 Å². The zero-order chi connectivity index (χ0) is 10.7. The van der Waals surface area contributed by atoms with Crippen molar-refractivity contribution in [2.45, 2.75) is 30.6 Å². The topological polar surface area (TPSA) is 68.8 Å². The van der Waals surface area contributed by atoms with E-state index in [-0.39, 0.29) is 0 Å². The quantitative estimate of drug-likeness (QED) is 0.563. The van der Waals surface area contributed by atoms with E-state index in [1.165, 1.54) is 18.6 Å². The van der Waals surface area contributed by atoms with Gasteiger partial charge in [-0.2, -0.15) is 11.8 Å². The van der Waals surface area contributed by atoms with E-state index < -0.39 is 0 Å². The summed E-state index contributed by atoms with van der Waals surface area (Å²) in [5.74, 6) is 6.84. The lowest BCUT2D eigenvalue weighted by Gasteiger charge is -2.20. The van der Waals surface area contributed by atoms with Gasteiger partial charge in [0, 0.05) is 31.0 Å². The van der Waals surface area contributed by atoms with E-state index in [0.29, 0.717) is 11.3 Å². The summed E-state index contributed by atoms with van der Waals surface area (Å²) < 4.78 is 1.73. The van der Waals surface area contributed by atoms with E-state index in [0.717, 1.165) is 12.1 Å². The molecule has 3 N–H and O–H groups in total. The van der Waals surface area contributed by atoms with Crippen molar-refractivity contribution in [1.82, 2.24) is 20.4 Å². The van der Waals surface area contributed by atoms with Crippen molar-refractivity contribution < 1.29 is 0 Å². The average Bonchev–Trinajstić information content (AvgIpc) is 2.85. The Labute approximate surface area is 93.8 Å². The van der Waals surface area contributed by atoms with Crippen LogP contribution >= 0.6 is 11.8 Å². The number of nitrogens with one attached hydrogen (secondary N) is 1. The number of aromatic nitrogens is 3. The van der Waals surface area contributed by atoms with Crippen LogP contribution in [0.25, 0.3) is 0 Å². The van der Waals surface area contributed by atoms with Crippen molar-refractivity contribution in [2.24, 2.45) is 12.9 Å². The number of nitrogens with two attached hydrogens (primary N) is 1. The molecule has 2 heterocycles. The van der Waals surface area contributed by atoms with Crippen molar-refractivity contribution in [3.63, 3.8) is 0 Å². The average molecular weight is 227 g/mol. The SMILES string of the molecule is Cn1cc(CC(NN)C2CCCS2)nn1. The van der Waals surface area contributed by atoms with Crippen LogP contribution in [0.1, 0.15) is 18.5 Å². The number of rotatable bonds is 4. The Morgan fingerprint density at radius 2 is 2.67 bits per heavy atom. The Morgan fingerprint density at radius 3 is 3.20 bits per heavy atom. The molecule has 5 nitrogen and oxygen atoms in total. The minimum atomic E-state index is 0.314. The molecule has 1 aliphatic heterocycles. The van der Waals surface area contributed by atoms with Gasteiger partial charge in [0.1, 0.15) is 0 Å². The highest BCUT2D eigenvalue weighted by Crippen LogP contribution is 2.29. The number of hydrogen-bond acceptors (Lipinski definition) is 5. The first-order chi connectivity index (χ1) is 7.29. The molecule has 0 radical (unpaired) electrons. The molecule has 0 aromatic carbocycles. The third kappa shape index (κ3) is 2.70. The lowest BCUT2D eigenvalue weighted by molar-refractivity contribution is 0.491. The predicted molar refractivity (Wildman–Crippen MR) is 61.3 cm³/mol. The van der Waals surface area contributed by atoms with Crippen LogP contribution < -0.4 is 11.3 Å². The maximum absolute atomic E-state index is 5.59. The van der Waals surface area contributed by atoms with Crippen molar-refractivity contribution in [3.05, 3.63) is 11.9 Å². The van der Waals surface area contributed by atoms with Crippen LogP contribution in [-0.2, 0) is 13.5 Å². The molecule has 84 valence electrons. The van der Waals surface area contributed by atoms with Gasteiger partial charge in [0.15, 0.2) is 0 Å². The van der Waals surface area contributed by atoms with E-state index in [9.17, 15) is 0 Å². The molecule has 0 spiro atoms. The molecular weight excluding hydrogens is 210 g/mol. The molecule has 1 saturated heterocycles. The van der Waals surface area contributed by atoms with Gasteiger partial charge in [-0.05, 0) is 18.6 Å². The van der Waals surface area contributed by atoms with Crippen molar-refractivity contribution >= 4 is 11.8 Å². The van der Waals surface area contributed by atoms with Crippen LogP contribution in [0.5, 0.6) is 0 Å². The lowest BCUT2D eigenvalue weighted by atomic mass is 10.1. The van der Waals surface area contributed by atoms with Gasteiger partial charge in [-0.3, -0.25) is 16.0 Å². The highest BCUT2D eigenvalue weighted by atomic mass is 32.2. The van der Waals surface area contributed by atoms with Gasteiger partial charge in [-0.25, -0.2) is 0 Å². The summed E-state index contributed by atoms with van der Waals surface area (Å²) in [4.78, 5) is 0. The van der Waals surface area contributed by atoms with Gasteiger partial charge >= 0.3 is 0 Å². The molecule has 1 aromatic heterocycles. The first kappa shape index (κ1) is 10.9. The maximum atomic E-state index is 5.59. The molecule has 6 heteroatoms. The summed E-state index contributed by atoms with van der Waals surface area (Å²) in [5.41, 5.74) is 3.91. The van der Waals surface area contributed by atoms with Gasteiger partial charge in [-0.1, -0.05) is 5.21 Å². The lowest BCUT2D eigenvalue weighted by Crippen LogP contribution is -2.43. The summed E-state index contributed by atoms with van der Waals surface area (Å²) in [5, 5.41) is 8.63. The van der Waals surface area contributed by atoms with E-state index in [2.05, 4.69) is 15.7 Å². The van der Waals surface area contributed by atoms with E-state index >= 15 is 0 Å². The van der Waals surface area contributed by atoms with Crippen LogP contribution in [0.3, 0.4) is 0 Å². The molecule has 0 bridgehead atoms. The Kier molecular flexibility index (Phi) is 3.61. The number of nitrogens with zero attached hydrogens (tertiary/aromatic N) is 3. The first-order valence-electron chi connectivity index (χ1n) is 5.22. The zero-order valence-corrected chi connectivity index (χ0v) is 9.70. The summed E-state index contributed by atoms with van der Waals surface area (Å²) >= 11 is 2.00. The molecule has 1 aromatic rings. The summed E-state index contributed by atoms with van der Waals surface area (Å²) in [7, 11) is 1.88. The normalized spacial score (nSPS) is 23.2. The Balaban J connectivity index is 1.95. The highest BCUT2D eigenvalue weighted by Gasteiger charge is 2.25. The maximum Gasteiger partial charge on any atom is 0.0843 e.